The summed E-state index contributed by atoms with van der Waals surface area (Å²) >= 11 is 1.34. The van der Waals surface area contributed by atoms with Gasteiger partial charge in [-0.2, -0.15) is 0 Å². The highest BCUT2D eigenvalue weighted by Crippen LogP contribution is 2.26. The number of carbonyl (C=O) groups is 1. The maximum Gasteiger partial charge on any atom is 0.262 e. The monoisotopic (exact) mass is 438 g/mol. The van der Waals surface area contributed by atoms with E-state index in [4.69, 9.17) is 9.72 Å². The fourth-order valence-corrected chi connectivity index (χ4v) is 4.69. The van der Waals surface area contributed by atoms with E-state index in [1.165, 1.54) is 11.8 Å². The Hall–Kier alpha value is -2.71. The van der Waals surface area contributed by atoms with E-state index in [1.807, 2.05) is 37.3 Å². The molecule has 0 unspecified atom stereocenters. The minimum Gasteiger partial charge on any atom is -0.376 e. The van der Waals surface area contributed by atoms with Crippen molar-refractivity contribution in [2.24, 2.45) is 0 Å². The normalized spacial score (nSPS) is 17.0. The molecule has 1 aliphatic heterocycles. The molecule has 7 nitrogen and oxygen atoms in total. The van der Waals surface area contributed by atoms with E-state index >= 15 is 0 Å². The summed E-state index contributed by atoms with van der Waals surface area (Å²) in [5.41, 5.74) is 1.49. The van der Waals surface area contributed by atoms with Crippen LogP contribution in [0.1, 0.15) is 31.7 Å². The van der Waals surface area contributed by atoms with Crippen LogP contribution in [0.2, 0.25) is 0 Å². The second kappa shape index (κ2) is 10.1. The molecule has 4 rings (SSSR count). The number of benzene rings is 1. The van der Waals surface area contributed by atoms with Gasteiger partial charge in [-0.05, 0) is 43.0 Å². The largest absolute Gasteiger partial charge is 0.376 e. The van der Waals surface area contributed by atoms with E-state index in [9.17, 15) is 9.59 Å². The maximum absolute atomic E-state index is 13.2. The number of hydrogen-bond donors (Lipinski definition) is 1. The molecular formula is C23H26N4O3S. The smallest absolute Gasteiger partial charge is 0.262 e. The minimum atomic E-state index is -0.361. The quantitative estimate of drug-likeness (QED) is 0.430. The first kappa shape index (κ1) is 21.5. The Labute approximate surface area is 185 Å². The fraction of sp³-hybridized carbons (Fsp3) is 0.391. The third-order valence-corrected chi connectivity index (χ3v) is 6.69. The van der Waals surface area contributed by atoms with E-state index in [1.54, 1.807) is 23.0 Å². The lowest BCUT2D eigenvalue weighted by molar-refractivity contribution is -0.120. The minimum absolute atomic E-state index is 0.000467. The molecule has 0 spiro atoms. The molecule has 1 aromatic carbocycles. The van der Waals surface area contributed by atoms with Gasteiger partial charge in [0.1, 0.15) is 0 Å². The molecule has 0 radical (unpaired) electrons. The van der Waals surface area contributed by atoms with E-state index in [-0.39, 0.29) is 22.8 Å². The highest BCUT2D eigenvalue weighted by atomic mass is 32.2. The van der Waals surface area contributed by atoms with Gasteiger partial charge in [-0.15, -0.1) is 0 Å². The maximum atomic E-state index is 13.2. The van der Waals surface area contributed by atoms with Crippen LogP contribution in [-0.4, -0.2) is 38.4 Å². The van der Waals surface area contributed by atoms with Crippen LogP contribution in [0, 0.1) is 0 Å². The molecule has 1 N–H and O–H groups in total. The number of para-hydroxylation sites is 1. The highest BCUT2D eigenvalue weighted by Gasteiger charge is 2.24. The van der Waals surface area contributed by atoms with Gasteiger partial charge in [0.05, 0.1) is 28.8 Å². The molecule has 2 aromatic heterocycles. The number of amides is 1. The Morgan fingerprint density at radius 2 is 2.19 bits per heavy atom. The third-order valence-electron chi connectivity index (χ3n) is 5.34. The summed E-state index contributed by atoms with van der Waals surface area (Å²) in [6.07, 6.45) is 5.97. The van der Waals surface area contributed by atoms with Crippen LogP contribution in [0.5, 0.6) is 0 Å². The van der Waals surface area contributed by atoms with E-state index in [2.05, 4.69) is 10.3 Å². The van der Waals surface area contributed by atoms with Crippen molar-refractivity contribution in [2.45, 2.75) is 55.8 Å². The summed E-state index contributed by atoms with van der Waals surface area (Å²) in [4.78, 5) is 34.9. The lowest BCUT2D eigenvalue weighted by Gasteiger charge is -2.19. The molecule has 0 aliphatic carbocycles. The molecule has 2 atom stereocenters. The van der Waals surface area contributed by atoms with Crippen molar-refractivity contribution in [1.29, 1.82) is 0 Å². The predicted molar refractivity (Wildman–Crippen MR) is 121 cm³/mol. The Kier molecular flexibility index (Phi) is 6.99. The van der Waals surface area contributed by atoms with E-state index in [0.29, 0.717) is 35.6 Å². The molecule has 1 saturated heterocycles. The van der Waals surface area contributed by atoms with Crippen molar-refractivity contribution in [1.82, 2.24) is 19.9 Å². The summed E-state index contributed by atoms with van der Waals surface area (Å²) in [7, 11) is 0. The third kappa shape index (κ3) is 5.14. The number of ether oxygens (including phenoxy) is 1. The molecule has 31 heavy (non-hydrogen) atoms. The lowest BCUT2D eigenvalue weighted by atomic mass is 10.2. The lowest BCUT2D eigenvalue weighted by Crippen LogP contribution is -2.34. The van der Waals surface area contributed by atoms with Crippen LogP contribution in [0.15, 0.2) is 58.7 Å². The zero-order valence-corrected chi connectivity index (χ0v) is 18.3. The summed E-state index contributed by atoms with van der Waals surface area (Å²) in [5.74, 6) is -0.0811. The first-order valence-corrected chi connectivity index (χ1v) is 11.5. The number of nitrogens with one attached hydrogen (secondary N) is 1. The number of carbonyl (C=O) groups excluding carboxylic acids is 1. The average Bonchev–Trinajstić information content (AvgIpc) is 3.32. The second-order valence-corrected chi connectivity index (χ2v) is 8.73. The van der Waals surface area contributed by atoms with Crippen molar-refractivity contribution < 1.29 is 9.53 Å². The van der Waals surface area contributed by atoms with Crippen LogP contribution in [0.4, 0.5) is 0 Å². The zero-order valence-electron chi connectivity index (χ0n) is 17.5. The molecule has 1 amide bonds. The molecule has 3 heterocycles. The molecule has 162 valence electrons. The molecular weight excluding hydrogens is 412 g/mol. The Morgan fingerprint density at radius 3 is 2.94 bits per heavy atom. The Balaban J connectivity index is 1.58. The topological polar surface area (TPSA) is 86.1 Å². The van der Waals surface area contributed by atoms with Gasteiger partial charge in [-0.25, -0.2) is 4.98 Å². The van der Waals surface area contributed by atoms with Crippen LogP contribution >= 0.6 is 11.8 Å². The number of rotatable bonds is 8. The van der Waals surface area contributed by atoms with Gasteiger partial charge >= 0.3 is 0 Å². The summed E-state index contributed by atoms with van der Waals surface area (Å²) in [6, 6.07) is 11.1. The van der Waals surface area contributed by atoms with Crippen molar-refractivity contribution in [3.05, 3.63) is 64.7 Å². The van der Waals surface area contributed by atoms with Gasteiger partial charge in [0, 0.05) is 25.5 Å². The average molecular weight is 439 g/mol. The fourth-order valence-electron chi connectivity index (χ4n) is 3.65. The molecule has 0 saturated carbocycles. The molecule has 0 bridgehead atoms. The van der Waals surface area contributed by atoms with E-state index in [0.717, 1.165) is 25.0 Å². The summed E-state index contributed by atoms with van der Waals surface area (Å²) in [5, 5.41) is 3.75. The van der Waals surface area contributed by atoms with Crippen molar-refractivity contribution in [2.75, 3.05) is 6.61 Å². The molecule has 1 aliphatic rings. The number of thioether (sulfide) groups is 1. The predicted octanol–water partition coefficient (Wildman–Crippen LogP) is 3.16. The number of pyridine rings is 1. The van der Waals surface area contributed by atoms with Crippen molar-refractivity contribution >= 4 is 28.6 Å². The Bertz CT molecular complexity index is 1100. The van der Waals surface area contributed by atoms with Gasteiger partial charge in [-0.1, -0.05) is 36.9 Å². The van der Waals surface area contributed by atoms with Crippen molar-refractivity contribution in [3.63, 3.8) is 0 Å². The van der Waals surface area contributed by atoms with Crippen LogP contribution in [0.3, 0.4) is 0 Å². The second-order valence-electron chi connectivity index (χ2n) is 7.56. The first-order chi connectivity index (χ1) is 15.2. The van der Waals surface area contributed by atoms with Gasteiger partial charge in [0.25, 0.3) is 5.56 Å². The number of hydrogen-bond acceptors (Lipinski definition) is 6. The van der Waals surface area contributed by atoms with Crippen LogP contribution in [-0.2, 0) is 22.6 Å². The number of aromatic nitrogens is 3. The van der Waals surface area contributed by atoms with Crippen LogP contribution in [0.25, 0.3) is 10.9 Å². The molecule has 8 heteroatoms. The van der Waals surface area contributed by atoms with E-state index < -0.39 is 0 Å². The standard InChI is InChI=1S/C23H26N4O3S/c1-2-20(21(28)25-14-16-7-5-11-24-13-16)31-23-26-19-10-4-3-9-18(19)22(29)27(23)15-17-8-6-12-30-17/h3-5,7,9-11,13,17,20H,2,6,8,12,14-15H2,1H3,(H,25,28)/t17-,20-/m0/s1. The SMILES string of the molecule is CC[C@H](Sc1nc2ccccc2c(=O)n1C[C@@H]1CCCO1)C(=O)NCc1cccnc1. The van der Waals surface area contributed by atoms with Gasteiger partial charge < -0.3 is 10.1 Å². The number of fused-ring (bicyclic) bond motifs is 1. The summed E-state index contributed by atoms with van der Waals surface area (Å²) < 4.78 is 7.44. The molecule has 3 aromatic rings. The van der Waals surface area contributed by atoms with Crippen LogP contribution < -0.4 is 10.9 Å². The van der Waals surface area contributed by atoms with Gasteiger partial charge in [-0.3, -0.25) is 19.1 Å². The zero-order chi connectivity index (χ0) is 21.6. The Morgan fingerprint density at radius 1 is 1.32 bits per heavy atom. The number of nitrogens with zero attached hydrogens (tertiary/aromatic N) is 3. The summed E-state index contributed by atoms with van der Waals surface area (Å²) in [6.45, 7) is 3.55. The first-order valence-electron chi connectivity index (χ1n) is 10.6. The highest BCUT2D eigenvalue weighted by molar-refractivity contribution is 8.00. The van der Waals surface area contributed by atoms with Gasteiger partial charge in [0.2, 0.25) is 5.91 Å². The van der Waals surface area contributed by atoms with Gasteiger partial charge in [0.15, 0.2) is 5.16 Å². The van der Waals surface area contributed by atoms with Crippen molar-refractivity contribution in [3.8, 4) is 0 Å². The molecule has 1 fully saturated rings.